The molecule has 11 heteroatoms. The first-order chi connectivity index (χ1) is 23.4. The molecule has 270 valence electrons. The molecule has 1 N–H and O–H groups in total. The van der Waals surface area contributed by atoms with Crippen molar-refractivity contribution in [3.63, 3.8) is 0 Å². The van der Waals surface area contributed by atoms with E-state index in [2.05, 4.69) is 29.1 Å². The van der Waals surface area contributed by atoms with Gasteiger partial charge in [-0.1, -0.05) is 92.0 Å². The quantitative estimate of drug-likeness (QED) is 0.127. The molecule has 1 unspecified atom stereocenters. The summed E-state index contributed by atoms with van der Waals surface area (Å²) in [4.78, 5) is 61.5. The van der Waals surface area contributed by atoms with Gasteiger partial charge in [0, 0.05) is 31.4 Å². The third-order valence-electron chi connectivity index (χ3n) is 10.9. The molecule has 1 aromatic rings. The Morgan fingerprint density at radius 1 is 1.18 bits per heavy atom. The lowest BCUT2D eigenvalue weighted by atomic mass is 9.70. The average Bonchev–Trinajstić information content (AvgIpc) is 3.70. The van der Waals surface area contributed by atoms with E-state index in [1.165, 1.54) is 4.90 Å². The molecule has 10 nitrogen and oxygen atoms in total. The number of likely N-dealkylation sites (tertiary alicyclic amines) is 1. The van der Waals surface area contributed by atoms with E-state index in [4.69, 9.17) is 9.47 Å². The molecule has 3 aliphatic heterocycles. The largest absolute Gasteiger partial charge is 0.455 e. The van der Waals surface area contributed by atoms with Crippen LogP contribution in [0.5, 0.6) is 0 Å². The van der Waals surface area contributed by atoms with Gasteiger partial charge in [-0.2, -0.15) is 0 Å². The van der Waals surface area contributed by atoms with Gasteiger partial charge in [-0.15, -0.1) is 13.2 Å². The highest BCUT2D eigenvalue weighted by molar-refractivity contribution is 9.09. The topological polar surface area (TPSA) is 117 Å². The number of aliphatic hydroxyl groups excluding tert-OH is 1. The minimum Gasteiger partial charge on any atom is -0.455 e. The number of amides is 3. The van der Waals surface area contributed by atoms with Gasteiger partial charge in [-0.25, -0.2) is 0 Å². The van der Waals surface area contributed by atoms with Crippen molar-refractivity contribution in [2.75, 3.05) is 26.7 Å². The molecule has 10 atom stereocenters. The Labute approximate surface area is 300 Å². The number of unbranched alkanes of at least 4 members (excludes halogenated alkanes) is 1. The number of hydrogen-bond acceptors (Lipinski definition) is 7. The van der Waals surface area contributed by atoms with E-state index in [1.807, 2.05) is 58.0 Å². The van der Waals surface area contributed by atoms with Crippen LogP contribution in [-0.4, -0.2) is 105 Å². The molecule has 4 rings (SSSR count). The molecule has 2 bridgehead atoms. The van der Waals surface area contributed by atoms with Crippen LogP contribution in [0.4, 0.5) is 0 Å². The van der Waals surface area contributed by atoms with Gasteiger partial charge in [0.25, 0.3) is 0 Å². The van der Waals surface area contributed by atoms with Crippen LogP contribution in [0.1, 0.15) is 77.9 Å². The number of carbonyl (C=O) groups excluding carboxylic acids is 4. The van der Waals surface area contributed by atoms with E-state index in [9.17, 15) is 24.3 Å². The van der Waals surface area contributed by atoms with Gasteiger partial charge in [0.1, 0.15) is 17.7 Å². The molecule has 1 spiro atoms. The van der Waals surface area contributed by atoms with E-state index < -0.39 is 53.7 Å². The Morgan fingerprint density at radius 3 is 2.47 bits per heavy atom. The number of rotatable bonds is 18. The molecule has 0 radical (unpaired) electrons. The first-order valence-electron chi connectivity index (χ1n) is 17.7. The Bertz CT molecular complexity index is 1360. The van der Waals surface area contributed by atoms with Crippen molar-refractivity contribution < 1.29 is 33.8 Å². The third-order valence-corrected chi connectivity index (χ3v) is 11.7. The normalized spacial score (nSPS) is 27.9. The van der Waals surface area contributed by atoms with Crippen molar-refractivity contribution in [1.29, 1.82) is 0 Å². The van der Waals surface area contributed by atoms with Crippen molar-refractivity contribution in [2.24, 2.45) is 17.8 Å². The first-order valence-corrected chi connectivity index (χ1v) is 18.6. The zero-order valence-electron chi connectivity index (χ0n) is 29.6. The number of halogens is 1. The van der Waals surface area contributed by atoms with Crippen LogP contribution in [0.15, 0.2) is 55.6 Å². The van der Waals surface area contributed by atoms with Crippen molar-refractivity contribution >= 4 is 39.6 Å². The van der Waals surface area contributed by atoms with Crippen molar-refractivity contribution in [3.05, 3.63) is 61.2 Å². The minimum atomic E-state index is -1.30. The number of carbonyl (C=O) groups is 4. The maximum atomic E-state index is 14.8. The lowest BCUT2D eigenvalue weighted by Crippen LogP contribution is -2.60. The fourth-order valence-corrected chi connectivity index (χ4v) is 8.82. The Hall–Kier alpha value is -3.02. The average molecular weight is 745 g/mol. The highest BCUT2D eigenvalue weighted by Gasteiger charge is 2.77. The summed E-state index contributed by atoms with van der Waals surface area (Å²) in [5, 5.41) is 10.7. The highest BCUT2D eigenvalue weighted by atomic mass is 79.9. The van der Waals surface area contributed by atoms with Gasteiger partial charge in [0.2, 0.25) is 17.7 Å². The van der Waals surface area contributed by atoms with Gasteiger partial charge >= 0.3 is 5.97 Å². The summed E-state index contributed by atoms with van der Waals surface area (Å²) in [5.41, 5.74) is -0.587. The van der Waals surface area contributed by atoms with Crippen LogP contribution in [0.25, 0.3) is 0 Å². The molecule has 0 aromatic heterocycles. The molecule has 49 heavy (non-hydrogen) atoms. The van der Waals surface area contributed by atoms with Gasteiger partial charge < -0.3 is 29.3 Å². The van der Waals surface area contributed by atoms with E-state index in [0.717, 1.165) is 12.8 Å². The number of allylic oxidation sites excluding steroid dienone is 1. The summed E-state index contributed by atoms with van der Waals surface area (Å²) in [6, 6.07) is 7.04. The van der Waals surface area contributed by atoms with Crippen LogP contribution in [-0.2, 0) is 28.7 Å². The molecule has 3 heterocycles. The highest BCUT2D eigenvalue weighted by Crippen LogP contribution is 2.61. The summed E-state index contributed by atoms with van der Waals surface area (Å²) in [7, 11) is 1.69. The Kier molecular flexibility index (Phi) is 13.3. The maximum Gasteiger partial charge on any atom is 0.313 e. The van der Waals surface area contributed by atoms with E-state index in [0.29, 0.717) is 37.9 Å². The molecule has 3 amide bonds. The maximum absolute atomic E-state index is 14.8. The van der Waals surface area contributed by atoms with Crippen LogP contribution < -0.4 is 0 Å². The zero-order valence-corrected chi connectivity index (χ0v) is 31.2. The van der Waals surface area contributed by atoms with Crippen molar-refractivity contribution in [2.45, 2.75) is 107 Å². The lowest BCUT2D eigenvalue weighted by Gasteiger charge is -2.41. The molecule has 3 aliphatic rings. The zero-order chi connectivity index (χ0) is 36.0. The molecular weight excluding hydrogens is 690 g/mol. The number of fused-ring (bicyclic) bond motifs is 1. The van der Waals surface area contributed by atoms with Crippen LogP contribution in [0.3, 0.4) is 0 Å². The van der Waals surface area contributed by atoms with Crippen molar-refractivity contribution in [1.82, 2.24) is 14.7 Å². The lowest BCUT2D eigenvalue weighted by molar-refractivity contribution is -0.165. The summed E-state index contributed by atoms with van der Waals surface area (Å²) in [6.45, 7) is 15.8. The monoisotopic (exact) mass is 743 g/mol. The van der Waals surface area contributed by atoms with Crippen LogP contribution in [0.2, 0.25) is 0 Å². The van der Waals surface area contributed by atoms with Gasteiger partial charge in [-0.05, 0) is 37.7 Å². The van der Waals surface area contributed by atoms with E-state index >= 15 is 0 Å². The van der Waals surface area contributed by atoms with Crippen LogP contribution >= 0.6 is 15.9 Å². The molecule has 3 fully saturated rings. The summed E-state index contributed by atoms with van der Waals surface area (Å²) in [5.74, 6) is -3.49. The first kappa shape index (κ1) is 38.8. The van der Waals surface area contributed by atoms with Gasteiger partial charge in [0.05, 0.1) is 36.6 Å². The predicted octanol–water partition coefficient (Wildman–Crippen LogP) is 5.05. The number of aliphatic hydroxyl groups is 1. The van der Waals surface area contributed by atoms with Crippen molar-refractivity contribution in [3.8, 4) is 0 Å². The number of nitrogens with zero attached hydrogens (tertiary/aromatic N) is 3. The molecule has 0 saturated carbocycles. The van der Waals surface area contributed by atoms with Gasteiger partial charge in [0.15, 0.2) is 0 Å². The predicted molar refractivity (Wildman–Crippen MR) is 192 cm³/mol. The fourth-order valence-electron chi connectivity index (χ4n) is 7.88. The number of esters is 1. The summed E-state index contributed by atoms with van der Waals surface area (Å²) in [6.07, 6.45) is 5.29. The SMILES string of the molecule is C=CCCC(=O)N(C)[C@@H](C)[C@@H](OC(=O)[C@@H]1[C@H]2O[C@@]3(CC2Br)[C@H](C(=O)N(CC=C)CCCC)N([C@@H](CO)[C@@H](C)CC)C(=O)[C@@H]13)c1ccccc1. The molecule has 1 aromatic carbocycles. The standard InChI is InChI=1S/C38H54BrN3O7/c1-8-12-19-29(44)40(7)25(6)32(26-17-15-14-16-18-26)48-37(47)30-31-35(45)42(28(23-43)24(5)11-4)34(38(31)22-27(39)33(30)49-38)36(46)41(20-10-3)21-13-9-2/h8,10,14-18,24-25,27-28,30-34,43H,1,3,9,11-13,19-23H2,2,4-7H3/t24-,25-,27?,28-,30-,31+,32+,33-,34-,38+/m0/s1. The second-order valence-electron chi connectivity index (χ2n) is 13.8. The number of ether oxygens (including phenoxy) is 2. The minimum absolute atomic E-state index is 0.109. The number of benzene rings is 1. The molecule has 3 saturated heterocycles. The fraction of sp³-hybridized carbons (Fsp3) is 0.632. The number of hydrogen-bond donors (Lipinski definition) is 1. The number of likely N-dealkylation sites (N-methyl/N-ethyl adjacent to an activating group) is 1. The molecule has 0 aliphatic carbocycles. The molecular formula is C38H54BrN3O7. The second kappa shape index (κ2) is 16.8. The van der Waals surface area contributed by atoms with Gasteiger partial charge in [-0.3, -0.25) is 19.2 Å². The van der Waals surface area contributed by atoms with E-state index in [-0.39, 0.29) is 41.5 Å². The smallest absolute Gasteiger partial charge is 0.313 e. The van der Waals surface area contributed by atoms with E-state index in [1.54, 1.807) is 29.0 Å². The number of alkyl halides is 1. The third kappa shape index (κ3) is 7.40. The van der Waals surface area contributed by atoms with Crippen LogP contribution in [0, 0.1) is 17.8 Å². The summed E-state index contributed by atoms with van der Waals surface area (Å²) >= 11 is 3.75. The Morgan fingerprint density at radius 2 is 1.88 bits per heavy atom. The summed E-state index contributed by atoms with van der Waals surface area (Å²) < 4.78 is 13.1. The second-order valence-corrected chi connectivity index (χ2v) is 15.0. The Balaban J connectivity index is 1.76.